The molecule has 0 bridgehead atoms. The molecule has 1 heterocycles. The van der Waals surface area contributed by atoms with Gasteiger partial charge in [-0.2, -0.15) is 0 Å². The summed E-state index contributed by atoms with van der Waals surface area (Å²) in [5.41, 5.74) is 3.97. The molecule has 0 radical (unpaired) electrons. The summed E-state index contributed by atoms with van der Waals surface area (Å²) in [4.78, 5) is 38.8. The number of likely N-dealkylation sites (tertiary alicyclic amines) is 1. The molecule has 0 aromatic heterocycles. The molecule has 2 aromatic rings. The number of alkyl carbamates (subject to hydrolysis) is 1. The van der Waals surface area contributed by atoms with Crippen LogP contribution in [0.4, 0.5) is 4.79 Å². The molecular formula is C27H30N2O6. The molecule has 0 spiro atoms. The van der Waals surface area contributed by atoms with E-state index in [1.807, 2.05) is 24.3 Å². The Kier molecular flexibility index (Phi) is 6.23. The monoisotopic (exact) mass is 478 g/mol. The van der Waals surface area contributed by atoms with Gasteiger partial charge in [-0.05, 0) is 41.5 Å². The first-order valence-electron chi connectivity index (χ1n) is 12.1. The normalized spacial score (nSPS) is 22.1. The number of carbonyl (C=O) groups is 3. The molecule has 2 aliphatic carbocycles. The molecule has 2 amide bonds. The van der Waals surface area contributed by atoms with Crippen LogP contribution in [0.25, 0.3) is 11.1 Å². The predicted molar refractivity (Wildman–Crippen MR) is 128 cm³/mol. The smallest absolute Gasteiger partial charge is 0.407 e. The zero-order chi connectivity index (χ0) is 24.6. The van der Waals surface area contributed by atoms with E-state index in [0.29, 0.717) is 12.8 Å². The van der Waals surface area contributed by atoms with Crippen LogP contribution in [0.2, 0.25) is 0 Å². The number of hydrogen-bond acceptors (Lipinski definition) is 5. The maximum absolute atomic E-state index is 13.0. The van der Waals surface area contributed by atoms with E-state index in [9.17, 15) is 19.5 Å². The van der Waals surface area contributed by atoms with Gasteiger partial charge in [0.05, 0.1) is 18.1 Å². The van der Waals surface area contributed by atoms with Crippen molar-refractivity contribution in [3.8, 4) is 11.1 Å². The molecule has 8 heteroatoms. The number of nitrogens with one attached hydrogen (secondary N) is 1. The summed E-state index contributed by atoms with van der Waals surface area (Å²) in [5, 5.41) is 12.4. The van der Waals surface area contributed by atoms with E-state index in [1.165, 1.54) is 12.0 Å². The van der Waals surface area contributed by atoms with Crippen molar-refractivity contribution < 1.29 is 29.0 Å². The highest BCUT2D eigenvalue weighted by Gasteiger charge is 2.45. The lowest BCUT2D eigenvalue weighted by Gasteiger charge is -2.42. The average Bonchev–Trinajstić information content (AvgIpc) is 3.41. The lowest BCUT2D eigenvalue weighted by molar-refractivity contribution is -0.144. The van der Waals surface area contributed by atoms with Crippen molar-refractivity contribution in [2.24, 2.45) is 5.92 Å². The van der Waals surface area contributed by atoms with Crippen molar-refractivity contribution in [1.82, 2.24) is 10.2 Å². The summed E-state index contributed by atoms with van der Waals surface area (Å²) < 4.78 is 11.0. The van der Waals surface area contributed by atoms with Gasteiger partial charge in [0.15, 0.2) is 0 Å². The molecule has 2 aromatic carbocycles. The van der Waals surface area contributed by atoms with Gasteiger partial charge < -0.3 is 24.8 Å². The van der Waals surface area contributed by atoms with Crippen LogP contribution in [0.5, 0.6) is 0 Å². The highest BCUT2D eigenvalue weighted by Crippen LogP contribution is 2.44. The van der Waals surface area contributed by atoms with E-state index >= 15 is 0 Å². The van der Waals surface area contributed by atoms with Crippen LogP contribution in [-0.4, -0.2) is 66.4 Å². The van der Waals surface area contributed by atoms with E-state index < -0.39 is 29.6 Å². The summed E-state index contributed by atoms with van der Waals surface area (Å²) in [6.07, 6.45) is 1.36. The number of rotatable bonds is 7. The highest BCUT2D eigenvalue weighted by atomic mass is 16.5. The molecule has 3 aliphatic rings. The minimum Gasteiger partial charge on any atom is -0.481 e. The largest absolute Gasteiger partial charge is 0.481 e. The van der Waals surface area contributed by atoms with Crippen molar-refractivity contribution in [1.29, 1.82) is 0 Å². The molecule has 2 fully saturated rings. The summed E-state index contributed by atoms with van der Waals surface area (Å²) in [6.45, 7) is 0.576. The minimum absolute atomic E-state index is 0.0318. The second-order valence-electron chi connectivity index (χ2n) is 9.78. The molecule has 8 nitrogen and oxygen atoms in total. The van der Waals surface area contributed by atoms with Crippen LogP contribution in [-0.2, 0) is 19.1 Å². The molecule has 2 atom stereocenters. The Bertz CT molecular complexity index is 1100. The van der Waals surface area contributed by atoms with Gasteiger partial charge in [0, 0.05) is 26.1 Å². The Balaban J connectivity index is 1.21. The first kappa shape index (κ1) is 23.4. The molecule has 1 saturated carbocycles. The highest BCUT2D eigenvalue weighted by molar-refractivity contribution is 5.82. The molecule has 5 rings (SSSR count). The number of aliphatic carboxylic acids is 1. The van der Waals surface area contributed by atoms with Crippen molar-refractivity contribution in [2.75, 3.05) is 26.8 Å². The number of carboxylic acid groups (broad SMARTS) is 1. The Morgan fingerprint density at radius 1 is 1.03 bits per heavy atom. The van der Waals surface area contributed by atoms with Gasteiger partial charge >= 0.3 is 12.1 Å². The molecule has 184 valence electrons. The number of amides is 2. The number of ether oxygens (including phenoxy) is 2. The molecule has 2 unspecified atom stereocenters. The quantitative estimate of drug-likeness (QED) is 0.632. The van der Waals surface area contributed by atoms with Crippen LogP contribution < -0.4 is 5.32 Å². The van der Waals surface area contributed by atoms with Gasteiger partial charge in [-0.25, -0.2) is 4.79 Å². The summed E-state index contributed by atoms with van der Waals surface area (Å²) in [7, 11) is 1.46. The summed E-state index contributed by atoms with van der Waals surface area (Å²) in [6, 6.07) is 16.3. The SMILES string of the molecule is COC1CN(C(=O)CC2(NC(=O)OCC3c4ccccc4-c4ccccc43)CCC2)CC1C(=O)O. The molecular weight excluding hydrogens is 448 g/mol. The molecule has 1 aliphatic heterocycles. The van der Waals surface area contributed by atoms with Crippen molar-refractivity contribution >= 4 is 18.0 Å². The third kappa shape index (κ3) is 4.38. The van der Waals surface area contributed by atoms with Gasteiger partial charge in [-0.15, -0.1) is 0 Å². The lowest BCUT2D eigenvalue weighted by Crippen LogP contribution is -2.56. The van der Waals surface area contributed by atoms with E-state index in [2.05, 4.69) is 29.6 Å². The van der Waals surface area contributed by atoms with Gasteiger partial charge in [0.1, 0.15) is 12.5 Å². The van der Waals surface area contributed by atoms with Crippen LogP contribution in [0.3, 0.4) is 0 Å². The van der Waals surface area contributed by atoms with Crippen molar-refractivity contribution in [3.63, 3.8) is 0 Å². The van der Waals surface area contributed by atoms with Gasteiger partial charge in [-0.3, -0.25) is 9.59 Å². The fourth-order valence-electron chi connectivity index (χ4n) is 5.66. The number of fused-ring (bicyclic) bond motifs is 3. The van der Waals surface area contributed by atoms with Gasteiger partial charge in [0.25, 0.3) is 0 Å². The summed E-state index contributed by atoms with van der Waals surface area (Å²) >= 11 is 0. The number of methoxy groups -OCH3 is 1. The van der Waals surface area contributed by atoms with Crippen molar-refractivity contribution in [3.05, 3.63) is 59.7 Å². The second-order valence-corrected chi connectivity index (χ2v) is 9.78. The van der Waals surface area contributed by atoms with E-state index in [-0.39, 0.29) is 37.9 Å². The maximum Gasteiger partial charge on any atom is 0.407 e. The number of hydrogen-bond donors (Lipinski definition) is 2. The van der Waals surface area contributed by atoms with Crippen LogP contribution >= 0.6 is 0 Å². The lowest BCUT2D eigenvalue weighted by atomic mass is 9.74. The van der Waals surface area contributed by atoms with Gasteiger partial charge in [-0.1, -0.05) is 48.5 Å². The van der Waals surface area contributed by atoms with Crippen LogP contribution in [0, 0.1) is 5.92 Å². The second kappa shape index (κ2) is 9.34. The van der Waals surface area contributed by atoms with Crippen LogP contribution in [0.15, 0.2) is 48.5 Å². The number of carboxylic acids is 1. The Morgan fingerprint density at radius 3 is 2.17 bits per heavy atom. The summed E-state index contributed by atoms with van der Waals surface area (Å²) in [5.74, 6) is -1.91. The minimum atomic E-state index is -0.970. The molecule has 35 heavy (non-hydrogen) atoms. The zero-order valence-electron chi connectivity index (χ0n) is 19.7. The molecule has 2 N–H and O–H groups in total. The number of carbonyl (C=O) groups excluding carboxylic acids is 2. The Hall–Kier alpha value is -3.39. The first-order valence-corrected chi connectivity index (χ1v) is 12.1. The number of nitrogens with zero attached hydrogens (tertiary/aromatic N) is 1. The predicted octanol–water partition coefficient (Wildman–Crippen LogP) is 3.40. The third-order valence-electron chi connectivity index (χ3n) is 7.75. The van der Waals surface area contributed by atoms with E-state index in [0.717, 1.165) is 28.7 Å². The number of benzene rings is 2. The third-order valence-corrected chi connectivity index (χ3v) is 7.75. The first-order chi connectivity index (χ1) is 16.9. The van der Waals surface area contributed by atoms with Gasteiger partial charge in [0.2, 0.25) is 5.91 Å². The fraction of sp³-hybridized carbons (Fsp3) is 0.444. The van der Waals surface area contributed by atoms with E-state index in [1.54, 1.807) is 0 Å². The molecule has 1 saturated heterocycles. The van der Waals surface area contributed by atoms with Crippen molar-refractivity contribution in [2.45, 2.75) is 43.2 Å². The average molecular weight is 479 g/mol. The zero-order valence-corrected chi connectivity index (χ0v) is 19.7. The Labute approximate surface area is 204 Å². The van der Waals surface area contributed by atoms with E-state index in [4.69, 9.17) is 9.47 Å². The standard InChI is InChI=1S/C27H30N2O6/c1-34-23-15-29(14-21(23)25(31)32)24(30)13-27(11-6-12-27)28-26(33)35-16-22-19-9-4-2-7-17(19)18-8-3-5-10-20(18)22/h2-5,7-10,21-23H,6,11-16H2,1H3,(H,28,33)(H,31,32). The Morgan fingerprint density at radius 2 is 1.66 bits per heavy atom. The topological polar surface area (TPSA) is 105 Å². The van der Waals surface area contributed by atoms with Crippen LogP contribution in [0.1, 0.15) is 42.7 Å². The maximum atomic E-state index is 13.0. The fourth-order valence-corrected chi connectivity index (χ4v) is 5.66.